The number of aryl methyl sites for hydroxylation is 2. The number of nitrogens with zero attached hydrogens (tertiary/aromatic N) is 4. The summed E-state index contributed by atoms with van der Waals surface area (Å²) in [6, 6.07) is 29.8. The van der Waals surface area contributed by atoms with Gasteiger partial charge in [0.25, 0.3) is 11.8 Å². The summed E-state index contributed by atoms with van der Waals surface area (Å²) in [6.45, 7) is 4.41. The van der Waals surface area contributed by atoms with Crippen molar-refractivity contribution < 1.29 is 36.6 Å². The molecule has 274 valence electrons. The summed E-state index contributed by atoms with van der Waals surface area (Å²) in [5.41, 5.74) is 3.00. The van der Waals surface area contributed by atoms with Crippen LogP contribution in [0.4, 0.5) is 11.4 Å². The van der Waals surface area contributed by atoms with E-state index in [0.717, 1.165) is 30.8 Å². The summed E-state index contributed by atoms with van der Waals surface area (Å²) in [5, 5.41) is 26.1. The van der Waals surface area contributed by atoms with Crippen LogP contribution in [0.25, 0.3) is 21.8 Å². The number of carbonyl (C=O) groups is 3. The predicted molar refractivity (Wildman–Crippen MR) is 213 cm³/mol. The third kappa shape index (κ3) is 12.4. The molecule has 0 aliphatic carbocycles. The normalized spacial score (nSPS) is 10.5. The number of hydrogen-bond acceptors (Lipinski definition) is 7. The van der Waals surface area contributed by atoms with Crippen molar-refractivity contribution in [3.63, 3.8) is 0 Å². The van der Waals surface area contributed by atoms with Crippen LogP contribution >= 0.6 is 31.9 Å². The summed E-state index contributed by atoms with van der Waals surface area (Å²) in [7, 11) is 1.35. The fourth-order valence-corrected chi connectivity index (χ4v) is 5.59. The summed E-state index contributed by atoms with van der Waals surface area (Å²) in [4.78, 5) is 36.7. The van der Waals surface area contributed by atoms with Crippen LogP contribution in [-0.4, -0.2) is 78.2 Å². The van der Waals surface area contributed by atoms with Crippen LogP contribution in [0, 0.1) is 7.43 Å². The Morgan fingerprint density at radius 2 is 1.11 bits per heavy atom. The van der Waals surface area contributed by atoms with Crippen molar-refractivity contribution in [3.8, 4) is 0 Å². The monoisotopic (exact) mass is 876 g/mol. The number of para-hydroxylation sites is 2. The van der Waals surface area contributed by atoms with Gasteiger partial charge in [0, 0.05) is 37.6 Å². The molecule has 0 radical (unpaired) electrons. The molecule has 0 saturated carbocycles. The Balaban J connectivity index is 0.000000347. The first-order valence-electron chi connectivity index (χ1n) is 15.8. The molecule has 6 aromatic rings. The van der Waals surface area contributed by atoms with Crippen molar-refractivity contribution in [2.75, 3.05) is 17.7 Å². The number of rotatable bonds is 10. The van der Waals surface area contributed by atoms with Crippen LogP contribution < -0.4 is 23.0 Å². The van der Waals surface area contributed by atoms with E-state index in [9.17, 15) is 19.5 Å². The standard InChI is InChI=1S/C19H20BrN3O2.C18H16BrN3O3.CH3.ClH.Mg/c1-19(2,25)11-12-23-16-6-4-3-5-15(16)17(22-23)18(24)21-14-9-7-13(20)8-10-14;1-25-16(23)10-11-22-15-5-3-2-4-14(15)17(21-22)18(24)20-13-8-6-12(19)7-9-13;;;/h3-10,25H,11-12H2,1-2H3,(H,21,24);2-9H,10-11H2,1H3,(H,20,24);1H3;1H;/q;;-1;;+2/p-1. The Bertz CT molecular complexity index is 2130. The minimum atomic E-state index is -0.785. The van der Waals surface area contributed by atoms with Gasteiger partial charge in [0.15, 0.2) is 11.4 Å². The van der Waals surface area contributed by atoms with Crippen molar-refractivity contribution >= 4 is 106 Å². The first kappa shape index (κ1) is 45.4. The van der Waals surface area contributed by atoms with Gasteiger partial charge in [0.2, 0.25) is 0 Å². The van der Waals surface area contributed by atoms with E-state index in [0.29, 0.717) is 42.3 Å². The number of ether oxygens (including phenoxy) is 1. The van der Waals surface area contributed by atoms with Crippen LogP contribution in [0.5, 0.6) is 0 Å². The van der Waals surface area contributed by atoms with Gasteiger partial charge in [-0.15, -0.1) is 0 Å². The van der Waals surface area contributed by atoms with Crippen molar-refractivity contribution in [2.45, 2.75) is 45.4 Å². The Labute approximate surface area is 347 Å². The molecule has 0 aliphatic heterocycles. The third-order valence-electron chi connectivity index (χ3n) is 7.64. The number of nitrogens with one attached hydrogen (secondary N) is 2. The average molecular weight is 879 g/mol. The van der Waals surface area contributed by atoms with Gasteiger partial charge in [-0.05, 0) is 80.9 Å². The second-order valence-corrected chi connectivity index (χ2v) is 13.8. The van der Waals surface area contributed by atoms with E-state index in [-0.39, 0.29) is 67.1 Å². The molecule has 0 aliphatic rings. The molecule has 4 aromatic carbocycles. The van der Waals surface area contributed by atoms with Gasteiger partial charge >= 0.3 is 29.0 Å². The second-order valence-electron chi connectivity index (χ2n) is 12.0. The molecule has 0 bridgehead atoms. The number of aliphatic hydroxyl groups is 1. The smallest absolute Gasteiger partial charge is 1.00 e. The Kier molecular flexibility index (Phi) is 17.6. The Morgan fingerprint density at radius 1 is 0.717 bits per heavy atom. The number of fused-ring (bicyclic) bond motifs is 2. The zero-order valence-electron chi connectivity index (χ0n) is 29.8. The van der Waals surface area contributed by atoms with Gasteiger partial charge < -0.3 is 40.3 Å². The van der Waals surface area contributed by atoms with Crippen molar-refractivity contribution in [2.24, 2.45) is 0 Å². The molecule has 0 saturated heterocycles. The number of anilines is 2. The van der Waals surface area contributed by atoms with E-state index < -0.39 is 5.60 Å². The van der Waals surface area contributed by atoms with E-state index in [4.69, 9.17) is 0 Å². The number of esters is 1. The fraction of sp³-hybridized carbons (Fsp3) is 0.211. The molecule has 3 N–H and O–H groups in total. The van der Waals surface area contributed by atoms with Gasteiger partial charge in [-0.1, -0.05) is 68.3 Å². The van der Waals surface area contributed by atoms with Gasteiger partial charge in [0.05, 0.1) is 36.7 Å². The summed E-state index contributed by atoms with van der Waals surface area (Å²) >= 11 is 6.74. The first-order valence-corrected chi connectivity index (χ1v) is 17.3. The van der Waals surface area contributed by atoms with Gasteiger partial charge in [-0.2, -0.15) is 10.2 Å². The van der Waals surface area contributed by atoms with Crippen LogP contribution in [0.3, 0.4) is 0 Å². The molecule has 11 nitrogen and oxygen atoms in total. The molecular weight excluding hydrogens is 840 g/mol. The third-order valence-corrected chi connectivity index (χ3v) is 8.70. The number of methoxy groups -OCH3 is 1. The van der Waals surface area contributed by atoms with Gasteiger partial charge in [-0.25, -0.2) is 0 Å². The molecular formula is C38H39Br2ClMgN6O5. The summed E-state index contributed by atoms with van der Waals surface area (Å²) in [6.07, 6.45) is 0.738. The predicted octanol–water partition coefficient (Wildman–Crippen LogP) is 4.90. The maximum atomic E-state index is 12.7. The van der Waals surface area contributed by atoms with Crippen LogP contribution in [0.2, 0.25) is 0 Å². The largest absolute Gasteiger partial charge is 2.00 e. The van der Waals surface area contributed by atoms with Crippen LogP contribution in [0.15, 0.2) is 106 Å². The minimum Gasteiger partial charge on any atom is -1.00 e. The maximum Gasteiger partial charge on any atom is 2.00 e. The van der Waals surface area contributed by atoms with E-state index in [1.807, 2.05) is 84.9 Å². The number of benzene rings is 4. The number of carbonyl (C=O) groups excluding carboxylic acids is 3. The van der Waals surface area contributed by atoms with E-state index >= 15 is 0 Å². The molecule has 2 amide bonds. The molecule has 53 heavy (non-hydrogen) atoms. The van der Waals surface area contributed by atoms with Crippen molar-refractivity contribution in [1.82, 2.24) is 19.6 Å². The molecule has 0 fully saturated rings. The quantitative estimate of drug-likeness (QED) is 0.101. The number of aromatic nitrogens is 4. The Hall–Kier alpha value is -3.79. The van der Waals surface area contributed by atoms with E-state index in [1.165, 1.54) is 7.11 Å². The second kappa shape index (κ2) is 20.6. The first-order chi connectivity index (χ1) is 23.9. The maximum absolute atomic E-state index is 12.7. The molecule has 0 unspecified atom stereocenters. The SMILES string of the molecule is CC(C)(O)CCn1nc(C(=O)Nc2ccc(Br)cc2)c2ccccc21.COC(=O)CCn1nc(C(=O)Nc2ccc(Br)cc2)c2ccccc21.[CH3-].[Cl-].[Mg+2]. The topological polar surface area (TPSA) is 140 Å². The summed E-state index contributed by atoms with van der Waals surface area (Å²) < 4.78 is 9.98. The Morgan fingerprint density at radius 3 is 1.51 bits per heavy atom. The molecule has 6 rings (SSSR count). The van der Waals surface area contributed by atoms with Crippen molar-refractivity contribution in [3.05, 3.63) is 125 Å². The van der Waals surface area contributed by atoms with E-state index in [1.54, 1.807) is 35.3 Å². The number of hydrogen-bond donors (Lipinski definition) is 3. The number of amides is 2. The van der Waals surface area contributed by atoms with E-state index in [2.05, 4.69) is 57.4 Å². The summed E-state index contributed by atoms with van der Waals surface area (Å²) in [5.74, 6) is -0.865. The van der Waals surface area contributed by atoms with Gasteiger partial charge in [0.1, 0.15) is 0 Å². The molecule has 0 atom stereocenters. The average Bonchev–Trinajstić information content (AvgIpc) is 3.67. The van der Waals surface area contributed by atoms with Crippen molar-refractivity contribution in [1.29, 1.82) is 0 Å². The zero-order chi connectivity index (χ0) is 35.8. The minimum absolute atomic E-state index is 0. The van der Waals surface area contributed by atoms with Crippen LogP contribution in [-0.2, 0) is 22.6 Å². The van der Waals surface area contributed by atoms with Gasteiger partial charge in [-0.3, -0.25) is 23.7 Å². The zero-order valence-corrected chi connectivity index (χ0v) is 35.1. The molecule has 2 heterocycles. The molecule has 2 aromatic heterocycles. The molecule has 0 spiro atoms. The molecule has 15 heteroatoms. The van der Waals surface area contributed by atoms with Crippen LogP contribution in [0.1, 0.15) is 47.7 Å². The number of halogens is 3. The fourth-order valence-electron chi connectivity index (χ4n) is 5.06.